The van der Waals surface area contributed by atoms with Crippen LogP contribution in [0.5, 0.6) is 0 Å². The van der Waals surface area contributed by atoms with Crippen LogP contribution >= 0.6 is 0 Å². The number of hydrogen-bond acceptors (Lipinski definition) is 5. The Morgan fingerprint density at radius 3 is 2.78 bits per heavy atom. The standard InChI is InChI=1S/C18H21N5/c1-13-10-17(22-18(21-13)23-8-6-19-7-9-23)15-11-14-4-2-3-5-16(14)20-12-15/h2-5,10-11,19-20H,6-9,12H2,1H3. The number of benzene rings is 1. The van der Waals surface area contributed by atoms with Crippen molar-refractivity contribution in [2.24, 2.45) is 0 Å². The predicted octanol–water partition coefficient (Wildman–Crippen LogP) is 2.16. The molecule has 23 heavy (non-hydrogen) atoms. The highest BCUT2D eigenvalue weighted by Crippen LogP contribution is 2.28. The lowest BCUT2D eigenvalue weighted by atomic mass is 10.0. The zero-order valence-electron chi connectivity index (χ0n) is 13.3. The van der Waals surface area contributed by atoms with E-state index in [0.717, 1.165) is 50.1 Å². The second-order valence-electron chi connectivity index (χ2n) is 6.04. The number of piperazine rings is 1. The van der Waals surface area contributed by atoms with Crippen molar-refractivity contribution in [3.8, 4) is 0 Å². The fourth-order valence-electron chi connectivity index (χ4n) is 3.10. The monoisotopic (exact) mass is 307 g/mol. The zero-order chi connectivity index (χ0) is 15.6. The summed E-state index contributed by atoms with van der Waals surface area (Å²) in [6, 6.07) is 10.4. The number of rotatable bonds is 2. The van der Waals surface area contributed by atoms with Crippen LogP contribution in [-0.4, -0.2) is 42.7 Å². The van der Waals surface area contributed by atoms with Crippen LogP contribution in [0.3, 0.4) is 0 Å². The molecule has 1 aromatic heterocycles. The minimum Gasteiger partial charge on any atom is -0.380 e. The van der Waals surface area contributed by atoms with Crippen molar-refractivity contribution < 1.29 is 0 Å². The summed E-state index contributed by atoms with van der Waals surface area (Å²) in [7, 11) is 0. The van der Waals surface area contributed by atoms with E-state index in [0.29, 0.717) is 0 Å². The lowest BCUT2D eigenvalue weighted by molar-refractivity contribution is 0.579. The summed E-state index contributed by atoms with van der Waals surface area (Å²) in [6.45, 7) is 6.75. The molecule has 0 saturated carbocycles. The minimum atomic E-state index is 0.800. The number of nitrogens with one attached hydrogen (secondary N) is 2. The Hall–Kier alpha value is -2.40. The Morgan fingerprint density at radius 2 is 1.91 bits per heavy atom. The van der Waals surface area contributed by atoms with Crippen molar-refractivity contribution in [2.45, 2.75) is 6.92 Å². The summed E-state index contributed by atoms with van der Waals surface area (Å²) >= 11 is 0. The van der Waals surface area contributed by atoms with Gasteiger partial charge in [0, 0.05) is 44.1 Å². The highest BCUT2D eigenvalue weighted by atomic mass is 15.3. The average molecular weight is 307 g/mol. The number of nitrogens with zero attached hydrogens (tertiary/aromatic N) is 3. The Bertz CT molecular complexity index is 747. The molecular weight excluding hydrogens is 286 g/mol. The SMILES string of the molecule is Cc1cc(C2=Cc3ccccc3NC2)nc(N2CCNCC2)n1. The summed E-state index contributed by atoms with van der Waals surface area (Å²) in [5.41, 5.74) is 5.65. The first-order valence-corrected chi connectivity index (χ1v) is 8.15. The first-order chi connectivity index (χ1) is 11.3. The Morgan fingerprint density at radius 1 is 1.09 bits per heavy atom. The second kappa shape index (κ2) is 6.01. The van der Waals surface area contributed by atoms with Crippen molar-refractivity contribution in [3.05, 3.63) is 47.3 Å². The molecule has 1 fully saturated rings. The Balaban J connectivity index is 1.69. The zero-order valence-corrected chi connectivity index (χ0v) is 13.3. The first-order valence-electron chi connectivity index (χ1n) is 8.15. The van der Waals surface area contributed by atoms with Crippen LogP contribution in [0.1, 0.15) is 17.0 Å². The van der Waals surface area contributed by atoms with Crippen molar-refractivity contribution in [3.63, 3.8) is 0 Å². The van der Waals surface area contributed by atoms with Crippen molar-refractivity contribution >= 4 is 23.3 Å². The molecule has 0 amide bonds. The van der Waals surface area contributed by atoms with E-state index >= 15 is 0 Å². The number of aryl methyl sites for hydroxylation is 1. The molecule has 2 aromatic rings. The highest BCUT2D eigenvalue weighted by molar-refractivity contribution is 5.89. The molecule has 0 aliphatic carbocycles. The predicted molar refractivity (Wildman–Crippen MR) is 94.7 cm³/mol. The van der Waals surface area contributed by atoms with Crippen LogP contribution in [0.2, 0.25) is 0 Å². The van der Waals surface area contributed by atoms with E-state index in [9.17, 15) is 0 Å². The maximum Gasteiger partial charge on any atom is 0.226 e. The van der Waals surface area contributed by atoms with Crippen LogP contribution in [0.4, 0.5) is 11.6 Å². The maximum atomic E-state index is 4.83. The van der Waals surface area contributed by atoms with E-state index in [1.54, 1.807) is 0 Å². The fraction of sp³-hybridized carbons (Fsp3) is 0.333. The first kappa shape index (κ1) is 14.2. The van der Waals surface area contributed by atoms with Gasteiger partial charge >= 0.3 is 0 Å². The number of aromatic nitrogens is 2. The van der Waals surface area contributed by atoms with Crippen molar-refractivity contribution in [1.29, 1.82) is 0 Å². The van der Waals surface area contributed by atoms with Gasteiger partial charge in [-0.15, -0.1) is 0 Å². The number of hydrogen-bond donors (Lipinski definition) is 2. The van der Waals surface area contributed by atoms with Crippen LogP contribution in [0.25, 0.3) is 11.6 Å². The summed E-state index contributed by atoms with van der Waals surface area (Å²) in [4.78, 5) is 11.7. The van der Waals surface area contributed by atoms with Crippen LogP contribution in [0.15, 0.2) is 30.3 Å². The smallest absolute Gasteiger partial charge is 0.226 e. The average Bonchev–Trinajstić information content (AvgIpc) is 2.61. The van der Waals surface area contributed by atoms with Crippen LogP contribution in [-0.2, 0) is 0 Å². The van der Waals surface area contributed by atoms with Gasteiger partial charge in [0.1, 0.15) is 0 Å². The molecule has 1 saturated heterocycles. The summed E-state index contributed by atoms with van der Waals surface area (Å²) in [6.07, 6.45) is 2.23. The quantitative estimate of drug-likeness (QED) is 0.890. The number of fused-ring (bicyclic) bond motifs is 1. The fourth-order valence-corrected chi connectivity index (χ4v) is 3.10. The van der Waals surface area contributed by atoms with Gasteiger partial charge in [-0.3, -0.25) is 0 Å². The summed E-state index contributed by atoms with van der Waals surface area (Å²) in [5.74, 6) is 0.848. The molecule has 118 valence electrons. The maximum absolute atomic E-state index is 4.83. The van der Waals surface area contributed by atoms with Gasteiger partial charge in [0.2, 0.25) is 5.95 Å². The van der Waals surface area contributed by atoms with Gasteiger partial charge in [-0.05, 0) is 36.3 Å². The van der Waals surface area contributed by atoms with E-state index in [1.165, 1.54) is 16.8 Å². The third-order valence-electron chi connectivity index (χ3n) is 4.33. The molecule has 4 rings (SSSR count). The lowest BCUT2D eigenvalue weighted by Gasteiger charge is -2.28. The molecule has 2 N–H and O–H groups in total. The number of anilines is 2. The molecule has 0 atom stereocenters. The van der Waals surface area contributed by atoms with Gasteiger partial charge in [-0.1, -0.05) is 18.2 Å². The van der Waals surface area contributed by atoms with E-state index < -0.39 is 0 Å². The second-order valence-corrected chi connectivity index (χ2v) is 6.04. The molecule has 5 heteroatoms. The van der Waals surface area contributed by atoms with E-state index in [1.807, 2.05) is 6.92 Å². The molecule has 0 radical (unpaired) electrons. The van der Waals surface area contributed by atoms with Gasteiger partial charge in [-0.2, -0.15) is 0 Å². The Labute approximate surface area is 136 Å². The van der Waals surface area contributed by atoms with Crippen molar-refractivity contribution in [2.75, 3.05) is 42.9 Å². The third-order valence-corrected chi connectivity index (χ3v) is 4.33. The molecule has 0 spiro atoms. The van der Waals surface area contributed by atoms with Gasteiger partial charge in [-0.25, -0.2) is 9.97 Å². The Kier molecular flexibility index (Phi) is 3.71. The van der Waals surface area contributed by atoms with E-state index in [-0.39, 0.29) is 0 Å². The van der Waals surface area contributed by atoms with Gasteiger partial charge < -0.3 is 15.5 Å². The van der Waals surface area contributed by atoms with Crippen LogP contribution < -0.4 is 15.5 Å². The largest absolute Gasteiger partial charge is 0.380 e. The normalized spacial score (nSPS) is 17.3. The van der Waals surface area contributed by atoms with E-state index in [2.05, 4.69) is 56.9 Å². The molecule has 2 aliphatic rings. The molecule has 1 aromatic carbocycles. The molecule has 3 heterocycles. The van der Waals surface area contributed by atoms with Gasteiger partial charge in [0.25, 0.3) is 0 Å². The molecule has 5 nitrogen and oxygen atoms in total. The summed E-state index contributed by atoms with van der Waals surface area (Å²) < 4.78 is 0. The third kappa shape index (κ3) is 2.92. The molecule has 0 unspecified atom stereocenters. The minimum absolute atomic E-state index is 0.800. The van der Waals surface area contributed by atoms with Crippen LogP contribution in [0, 0.1) is 6.92 Å². The molecule has 2 aliphatic heterocycles. The van der Waals surface area contributed by atoms with Gasteiger partial charge in [0.05, 0.1) is 5.69 Å². The molecule has 0 bridgehead atoms. The molecular formula is C18H21N5. The summed E-state index contributed by atoms with van der Waals surface area (Å²) in [5, 5.41) is 6.85. The number of para-hydroxylation sites is 1. The van der Waals surface area contributed by atoms with E-state index in [4.69, 9.17) is 4.98 Å². The lowest BCUT2D eigenvalue weighted by Crippen LogP contribution is -2.44. The van der Waals surface area contributed by atoms with Gasteiger partial charge in [0.15, 0.2) is 0 Å². The topological polar surface area (TPSA) is 53.1 Å². The highest BCUT2D eigenvalue weighted by Gasteiger charge is 2.17. The van der Waals surface area contributed by atoms with Crippen molar-refractivity contribution in [1.82, 2.24) is 15.3 Å².